The highest BCUT2D eigenvalue weighted by Crippen LogP contribution is 2.26. The van der Waals surface area contributed by atoms with Crippen LogP contribution in [-0.4, -0.2) is 42.4 Å². The largest absolute Gasteiger partial charge is 0.352 e. The number of hydrogen-bond acceptors (Lipinski definition) is 3. The van der Waals surface area contributed by atoms with E-state index in [4.69, 9.17) is 0 Å². The first-order valence-electron chi connectivity index (χ1n) is 10.6. The summed E-state index contributed by atoms with van der Waals surface area (Å²) in [5.41, 5.74) is 3.43. The molecule has 0 saturated carbocycles. The van der Waals surface area contributed by atoms with Crippen LogP contribution in [0.2, 0.25) is 0 Å². The average Bonchev–Trinajstić information content (AvgIpc) is 3.35. The van der Waals surface area contributed by atoms with E-state index >= 15 is 0 Å². The molecule has 2 amide bonds. The van der Waals surface area contributed by atoms with Crippen molar-refractivity contribution in [2.45, 2.75) is 38.8 Å². The van der Waals surface area contributed by atoms with Gasteiger partial charge in [0.25, 0.3) is 0 Å². The Balaban J connectivity index is 1.29. The van der Waals surface area contributed by atoms with E-state index < -0.39 is 0 Å². The molecular formula is C24H29N3O2. The third-order valence-electron chi connectivity index (χ3n) is 6.02. The van der Waals surface area contributed by atoms with Crippen LogP contribution in [-0.2, 0) is 22.6 Å². The fourth-order valence-corrected chi connectivity index (χ4v) is 4.30. The number of benzene rings is 2. The molecule has 0 aliphatic carbocycles. The van der Waals surface area contributed by atoms with Crippen LogP contribution in [0, 0.1) is 5.92 Å². The van der Waals surface area contributed by atoms with Crippen LogP contribution >= 0.6 is 0 Å². The number of carbonyl (C=O) groups excluding carboxylic acids is 2. The predicted molar refractivity (Wildman–Crippen MR) is 115 cm³/mol. The third-order valence-corrected chi connectivity index (χ3v) is 6.02. The monoisotopic (exact) mass is 391 g/mol. The Morgan fingerprint density at radius 1 is 1.03 bits per heavy atom. The van der Waals surface area contributed by atoms with Gasteiger partial charge in [-0.25, -0.2) is 0 Å². The van der Waals surface area contributed by atoms with E-state index in [0.717, 1.165) is 38.2 Å². The van der Waals surface area contributed by atoms with Crippen molar-refractivity contribution in [3.05, 3.63) is 65.7 Å². The highest BCUT2D eigenvalue weighted by molar-refractivity contribution is 6.00. The second kappa shape index (κ2) is 8.78. The van der Waals surface area contributed by atoms with Gasteiger partial charge in [-0.05, 0) is 36.1 Å². The normalized spacial score (nSPS) is 22.2. The highest BCUT2D eigenvalue weighted by atomic mass is 16.2. The topological polar surface area (TPSA) is 52.7 Å². The molecule has 2 atom stereocenters. The number of carbonyl (C=O) groups is 2. The lowest BCUT2D eigenvalue weighted by molar-refractivity contribution is -0.126. The second-order valence-corrected chi connectivity index (χ2v) is 8.14. The first-order valence-corrected chi connectivity index (χ1v) is 10.6. The van der Waals surface area contributed by atoms with Crippen LogP contribution < -0.4 is 10.2 Å². The second-order valence-electron chi connectivity index (χ2n) is 8.14. The number of aryl methyl sites for hydroxylation is 1. The minimum absolute atomic E-state index is 0.0117. The Morgan fingerprint density at radius 3 is 2.52 bits per heavy atom. The molecule has 152 valence electrons. The Morgan fingerprint density at radius 2 is 1.79 bits per heavy atom. The molecule has 0 spiro atoms. The Bertz CT molecular complexity index is 850. The minimum atomic E-state index is -0.267. The maximum Gasteiger partial charge on any atom is 0.227 e. The predicted octanol–water partition coefficient (Wildman–Crippen LogP) is 2.99. The summed E-state index contributed by atoms with van der Waals surface area (Å²) in [7, 11) is 0. The highest BCUT2D eigenvalue weighted by Gasteiger charge is 2.36. The van der Waals surface area contributed by atoms with Crippen LogP contribution in [0.25, 0.3) is 0 Å². The van der Waals surface area contributed by atoms with Crippen molar-refractivity contribution in [2.75, 3.05) is 24.5 Å². The summed E-state index contributed by atoms with van der Waals surface area (Å²) >= 11 is 0. The number of rotatable bonds is 6. The van der Waals surface area contributed by atoms with Gasteiger partial charge in [0.15, 0.2) is 0 Å². The van der Waals surface area contributed by atoms with E-state index in [2.05, 4.69) is 53.5 Å². The van der Waals surface area contributed by atoms with Gasteiger partial charge in [0.05, 0.1) is 5.92 Å². The smallest absolute Gasteiger partial charge is 0.227 e. The molecule has 29 heavy (non-hydrogen) atoms. The Labute approximate surface area is 172 Å². The zero-order valence-corrected chi connectivity index (χ0v) is 17.0. The summed E-state index contributed by atoms with van der Waals surface area (Å²) in [4.78, 5) is 29.4. The quantitative estimate of drug-likeness (QED) is 0.824. The SMILES string of the molecule is CCc1ccc(N2CC(C(=O)NC3CCN(Cc4ccccc4)C3)CC2=O)cc1. The van der Waals surface area contributed by atoms with Crippen LogP contribution in [0.1, 0.15) is 30.9 Å². The fraction of sp³-hybridized carbons (Fsp3) is 0.417. The minimum Gasteiger partial charge on any atom is -0.352 e. The third kappa shape index (κ3) is 4.67. The van der Waals surface area contributed by atoms with Crippen molar-refractivity contribution in [3.63, 3.8) is 0 Å². The fourth-order valence-electron chi connectivity index (χ4n) is 4.30. The molecule has 2 aromatic rings. The molecule has 0 radical (unpaired) electrons. The lowest BCUT2D eigenvalue weighted by Gasteiger charge is -2.19. The lowest BCUT2D eigenvalue weighted by atomic mass is 10.1. The maximum absolute atomic E-state index is 12.8. The van der Waals surface area contributed by atoms with E-state index in [0.29, 0.717) is 13.0 Å². The molecule has 1 N–H and O–H groups in total. The summed E-state index contributed by atoms with van der Waals surface area (Å²) in [6, 6.07) is 18.7. The molecule has 4 rings (SSSR count). The first kappa shape index (κ1) is 19.6. The molecule has 0 aromatic heterocycles. The molecule has 2 saturated heterocycles. The van der Waals surface area contributed by atoms with E-state index in [1.165, 1.54) is 11.1 Å². The summed E-state index contributed by atoms with van der Waals surface area (Å²) in [6.45, 7) is 5.34. The number of hydrogen-bond donors (Lipinski definition) is 1. The maximum atomic E-state index is 12.8. The lowest BCUT2D eigenvalue weighted by Crippen LogP contribution is -2.41. The van der Waals surface area contributed by atoms with Gasteiger partial charge in [-0.3, -0.25) is 14.5 Å². The van der Waals surface area contributed by atoms with E-state index in [1.807, 2.05) is 18.2 Å². The summed E-state index contributed by atoms with van der Waals surface area (Å²) < 4.78 is 0. The van der Waals surface area contributed by atoms with Crippen molar-refractivity contribution in [3.8, 4) is 0 Å². The molecule has 2 aliphatic heterocycles. The average molecular weight is 392 g/mol. The van der Waals surface area contributed by atoms with E-state index in [-0.39, 0.29) is 23.8 Å². The van der Waals surface area contributed by atoms with Gasteiger partial charge in [0, 0.05) is 44.3 Å². The van der Waals surface area contributed by atoms with Gasteiger partial charge in [0.1, 0.15) is 0 Å². The molecular weight excluding hydrogens is 362 g/mol. The summed E-state index contributed by atoms with van der Waals surface area (Å²) in [5, 5.41) is 3.19. The van der Waals surface area contributed by atoms with Gasteiger partial charge in [-0.1, -0.05) is 49.4 Å². The summed E-state index contributed by atoms with van der Waals surface area (Å²) in [5.74, 6) is -0.222. The number of nitrogens with zero attached hydrogens (tertiary/aromatic N) is 2. The number of likely N-dealkylation sites (tertiary alicyclic amines) is 1. The molecule has 2 aromatic carbocycles. The van der Waals surface area contributed by atoms with Crippen LogP contribution in [0.5, 0.6) is 0 Å². The van der Waals surface area contributed by atoms with Gasteiger partial charge in [-0.2, -0.15) is 0 Å². The zero-order valence-electron chi connectivity index (χ0n) is 17.0. The Kier molecular flexibility index (Phi) is 5.95. The molecule has 2 fully saturated rings. The number of nitrogens with one attached hydrogen (secondary N) is 1. The van der Waals surface area contributed by atoms with Crippen LogP contribution in [0.3, 0.4) is 0 Å². The van der Waals surface area contributed by atoms with Gasteiger partial charge in [-0.15, -0.1) is 0 Å². The van der Waals surface area contributed by atoms with E-state index in [1.54, 1.807) is 4.90 Å². The molecule has 2 heterocycles. The Hall–Kier alpha value is -2.66. The molecule has 2 unspecified atom stereocenters. The van der Waals surface area contributed by atoms with Gasteiger partial charge < -0.3 is 10.2 Å². The molecule has 5 heteroatoms. The number of anilines is 1. The van der Waals surface area contributed by atoms with Crippen LogP contribution in [0.15, 0.2) is 54.6 Å². The van der Waals surface area contributed by atoms with Crippen LogP contribution in [0.4, 0.5) is 5.69 Å². The van der Waals surface area contributed by atoms with Crippen molar-refractivity contribution < 1.29 is 9.59 Å². The number of amides is 2. The van der Waals surface area contributed by atoms with Crippen molar-refractivity contribution >= 4 is 17.5 Å². The molecule has 5 nitrogen and oxygen atoms in total. The van der Waals surface area contributed by atoms with Crippen molar-refractivity contribution in [2.24, 2.45) is 5.92 Å². The van der Waals surface area contributed by atoms with Gasteiger partial charge >= 0.3 is 0 Å². The molecule has 2 aliphatic rings. The standard InChI is InChI=1S/C24H29N3O2/c1-2-18-8-10-22(11-9-18)27-16-20(14-23(27)28)24(29)25-21-12-13-26(17-21)15-19-6-4-3-5-7-19/h3-11,20-21H,2,12-17H2,1H3,(H,25,29). The van der Waals surface area contributed by atoms with Crippen molar-refractivity contribution in [1.82, 2.24) is 10.2 Å². The molecule has 0 bridgehead atoms. The zero-order chi connectivity index (χ0) is 20.2. The van der Waals surface area contributed by atoms with Gasteiger partial charge in [0.2, 0.25) is 11.8 Å². The summed E-state index contributed by atoms with van der Waals surface area (Å²) in [6.07, 6.45) is 2.23. The van der Waals surface area contributed by atoms with Crippen molar-refractivity contribution in [1.29, 1.82) is 0 Å². The van der Waals surface area contributed by atoms with E-state index in [9.17, 15) is 9.59 Å². The first-order chi connectivity index (χ1) is 14.1.